The van der Waals surface area contributed by atoms with Crippen LogP contribution in [0, 0.1) is 0 Å². The van der Waals surface area contributed by atoms with Gasteiger partial charge in [-0.05, 0) is 29.8 Å². The van der Waals surface area contributed by atoms with Crippen molar-refractivity contribution in [1.82, 2.24) is 0 Å². The van der Waals surface area contributed by atoms with Crippen molar-refractivity contribution >= 4 is 23.3 Å². The van der Waals surface area contributed by atoms with E-state index >= 15 is 0 Å². The van der Waals surface area contributed by atoms with Crippen LogP contribution < -0.4 is 9.64 Å². The van der Waals surface area contributed by atoms with Gasteiger partial charge in [-0.3, -0.25) is 0 Å². The first kappa shape index (κ1) is 14.7. The van der Waals surface area contributed by atoms with E-state index in [1.165, 1.54) is 7.11 Å². The lowest BCUT2D eigenvalue weighted by atomic mass is 10.1. The normalized spacial score (nSPS) is 23.0. The third kappa shape index (κ3) is 2.20. The molecule has 0 radical (unpaired) electrons. The smallest absolute Gasteiger partial charge is 0.350 e. The minimum atomic E-state index is -1.20. The summed E-state index contributed by atoms with van der Waals surface area (Å²) in [5.74, 6) is 0.299. The van der Waals surface area contributed by atoms with Gasteiger partial charge >= 0.3 is 5.97 Å². The molecule has 0 spiro atoms. The molecule has 0 N–H and O–H groups in total. The van der Waals surface area contributed by atoms with Crippen LogP contribution in [0.4, 0.5) is 5.69 Å². The SMILES string of the molecule is COC(=O)[C@@]1(Cl)[C@H](c2ccc(OC)cc2)N1c1ccccc1. The fourth-order valence-corrected chi connectivity index (χ4v) is 3.15. The Kier molecular flexibility index (Phi) is 3.71. The number of halogens is 1. The summed E-state index contributed by atoms with van der Waals surface area (Å²) >= 11 is 6.59. The lowest BCUT2D eigenvalue weighted by Crippen LogP contribution is -2.24. The molecule has 2 aromatic carbocycles. The van der Waals surface area contributed by atoms with E-state index in [1.54, 1.807) is 7.11 Å². The number of carbonyl (C=O) groups is 1. The number of esters is 1. The maximum atomic E-state index is 12.2. The maximum Gasteiger partial charge on any atom is 0.350 e. The van der Waals surface area contributed by atoms with Crippen LogP contribution in [0.25, 0.3) is 0 Å². The highest BCUT2D eigenvalue weighted by Crippen LogP contribution is 2.59. The molecule has 114 valence electrons. The Morgan fingerprint density at radius 3 is 2.27 bits per heavy atom. The molecule has 5 heteroatoms. The zero-order valence-corrected chi connectivity index (χ0v) is 13.1. The monoisotopic (exact) mass is 317 g/mol. The van der Waals surface area contributed by atoms with E-state index in [-0.39, 0.29) is 6.04 Å². The van der Waals surface area contributed by atoms with Gasteiger partial charge in [0.05, 0.1) is 14.2 Å². The van der Waals surface area contributed by atoms with Crippen LogP contribution in [0.5, 0.6) is 5.75 Å². The number of benzene rings is 2. The standard InChI is InChI=1S/C17H16ClNO3/c1-21-14-10-8-12(9-11-14)15-17(18,16(20)22-2)19(15)13-6-4-3-5-7-13/h3-11,15H,1-2H3/t15-,17+,19?/m0/s1. The number of rotatable bonds is 4. The fourth-order valence-electron chi connectivity index (χ4n) is 2.70. The molecule has 1 fully saturated rings. The molecule has 0 bridgehead atoms. The van der Waals surface area contributed by atoms with E-state index in [9.17, 15) is 4.79 Å². The van der Waals surface area contributed by atoms with Crippen LogP contribution in [0.3, 0.4) is 0 Å². The number of alkyl halides is 1. The van der Waals surface area contributed by atoms with Gasteiger partial charge in [-0.15, -0.1) is 0 Å². The molecule has 0 amide bonds. The van der Waals surface area contributed by atoms with E-state index in [2.05, 4.69) is 0 Å². The second-order valence-electron chi connectivity index (χ2n) is 5.05. The van der Waals surface area contributed by atoms with Crippen molar-refractivity contribution < 1.29 is 14.3 Å². The number of carbonyl (C=O) groups excluding carboxylic acids is 1. The Balaban J connectivity index is 1.98. The molecule has 0 aliphatic carbocycles. The molecule has 1 heterocycles. The van der Waals surface area contributed by atoms with Crippen molar-refractivity contribution in [2.75, 3.05) is 19.1 Å². The minimum Gasteiger partial charge on any atom is -0.497 e. The third-order valence-electron chi connectivity index (χ3n) is 3.84. The van der Waals surface area contributed by atoms with Gasteiger partial charge in [0, 0.05) is 5.69 Å². The summed E-state index contributed by atoms with van der Waals surface area (Å²) in [7, 11) is 2.96. The third-order valence-corrected chi connectivity index (χ3v) is 4.38. The fraction of sp³-hybridized carbons (Fsp3) is 0.235. The predicted molar refractivity (Wildman–Crippen MR) is 85.3 cm³/mol. The Hall–Kier alpha value is -2.20. The summed E-state index contributed by atoms with van der Waals surface area (Å²) < 4.78 is 10.1. The molecular formula is C17H16ClNO3. The van der Waals surface area contributed by atoms with Gasteiger partial charge in [0.25, 0.3) is 0 Å². The summed E-state index contributed by atoms with van der Waals surface area (Å²) in [6, 6.07) is 16.8. The van der Waals surface area contributed by atoms with Crippen molar-refractivity contribution in [3.05, 3.63) is 60.2 Å². The lowest BCUT2D eigenvalue weighted by Gasteiger charge is -2.08. The van der Waals surface area contributed by atoms with Crippen LogP contribution in [0.2, 0.25) is 0 Å². The summed E-state index contributed by atoms with van der Waals surface area (Å²) in [5.41, 5.74) is 1.81. The van der Waals surface area contributed by atoms with E-state index < -0.39 is 11.0 Å². The van der Waals surface area contributed by atoms with Crippen LogP contribution >= 0.6 is 11.6 Å². The number of methoxy groups -OCH3 is 2. The van der Waals surface area contributed by atoms with Crippen molar-refractivity contribution in [3.8, 4) is 5.75 Å². The van der Waals surface area contributed by atoms with Crippen molar-refractivity contribution in [1.29, 1.82) is 0 Å². The molecular weight excluding hydrogens is 302 g/mol. The average Bonchev–Trinajstić information content (AvgIpc) is 3.22. The quantitative estimate of drug-likeness (QED) is 0.375. The zero-order chi connectivity index (χ0) is 15.7. The number of anilines is 1. The highest BCUT2D eigenvalue weighted by atomic mass is 35.5. The van der Waals surface area contributed by atoms with Crippen LogP contribution in [-0.2, 0) is 9.53 Å². The average molecular weight is 318 g/mol. The molecule has 1 saturated heterocycles. The van der Waals surface area contributed by atoms with Crippen LogP contribution in [-0.4, -0.2) is 25.2 Å². The van der Waals surface area contributed by atoms with Crippen LogP contribution in [0.15, 0.2) is 54.6 Å². The van der Waals surface area contributed by atoms with E-state index in [0.29, 0.717) is 0 Å². The number of nitrogens with zero attached hydrogens (tertiary/aromatic N) is 1. The van der Waals surface area contributed by atoms with Gasteiger partial charge < -0.3 is 14.4 Å². The van der Waals surface area contributed by atoms with Gasteiger partial charge in [-0.25, -0.2) is 4.79 Å². The molecule has 0 unspecified atom stereocenters. The number of hydrogen-bond donors (Lipinski definition) is 0. The minimum absolute atomic E-state index is 0.269. The summed E-state index contributed by atoms with van der Waals surface area (Å²) in [6.07, 6.45) is 0. The molecule has 2 aromatic rings. The molecule has 1 aliphatic rings. The van der Waals surface area contributed by atoms with Crippen LogP contribution in [0.1, 0.15) is 11.6 Å². The first-order chi connectivity index (χ1) is 10.6. The van der Waals surface area contributed by atoms with Crippen molar-refractivity contribution in [3.63, 3.8) is 0 Å². The van der Waals surface area contributed by atoms with Gasteiger partial charge in [0.2, 0.25) is 5.00 Å². The molecule has 0 aromatic heterocycles. The number of ether oxygens (including phenoxy) is 2. The summed E-state index contributed by atoms with van der Waals surface area (Å²) in [4.78, 5) is 12.8. The first-order valence-electron chi connectivity index (χ1n) is 6.88. The Bertz CT molecular complexity index is 674. The van der Waals surface area contributed by atoms with E-state index in [0.717, 1.165) is 17.0 Å². The second-order valence-corrected chi connectivity index (χ2v) is 5.62. The molecule has 3 rings (SSSR count). The van der Waals surface area contributed by atoms with Gasteiger partial charge in [0.1, 0.15) is 11.8 Å². The van der Waals surface area contributed by atoms with E-state index in [1.807, 2.05) is 59.5 Å². The number of hydrogen-bond acceptors (Lipinski definition) is 4. The topological polar surface area (TPSA) is 38.5 Å². The van der Waals surface area contributed by atoms with Crippen molar-refractivity contribution in [2.24, 2.45) is 0 Å². The Morgan fingerprint density at radius 1 is 1.09 bits per heavy atom. The molecule has 0 saturated carbocycles. The summed E-state index contributed by atoms with van der Waals surface area (Å²) in [5, 5.41) is 0. The molecule has 2 atom stereocenters. The predicted octanol–water partition coefficient (Wildman–Crippen LogP) is 3.36. The van der Waals surface area contributed by atoms with E-state index in [4.69, 9.17) is 21.1 Å². The van der Waals surface area contributed by atoms with Gasteiger partial charge in [-0.1, -0.05) is 41.9 Å². The largest absolute Gasteiger partial charge is 0.497 e. The zero-order valence-electron chi connectivity index (χ0n) is 12.3. The summed E-state index contributed by atoms with van der Waals surface area (Å²) in [6.45, 7) is 0. The molecule has 22 heavy (non-hydrogen) atoms. The lowest BCUT2D eigenvalue weighted by molar-refractivity contribution is -0.141. The highest BCUT2D eigenvalue weighted by Gasteiger charge is 2.69. The van der Waals surface area contributed by atoms with Gasteiger partial charge in [-0.2, -0.15) is 0 Å². The van der Waals surface area contributed by atoms with Gasteiger partial charge in [0.15, 0.2) is 0 Å². The first-order valence-corrected chi connectivity index (χ1v) is 7.26. The Morgan fingerprint density at radius 2 is 1.73 bits per heavy atom. The van der Waals surface area contributed by atoms with Crippen molar-refractivity contribution in [2.45, 2.75) is 11.0 Å². The number of para-hydroxylation sites is 1. The molecule has 4 nitrogen and oxygen atoms in total. The second kappa shape index (κ2) is 5.54. The highest BCUT2D eigenvalue weighted by molar-refractivity contribution is 6.40. The maximum absolute atomic E-state index is 12.2. The Labute approximate surface area is 134 Å². The molecule has 1 aliphatic heterocycles.